The van der Waals surface area contributed by atoms with Crippen LogP contribution in [0.2, 0.25) is 5.71 Å². The van der Waals surface area contributed by atoms with Crippen molar-refractivity contribution in [2.24, 2.45) is 0 Å². The maximum atomic E-state index is 12.5. The summed E-state index contributed by atoms with van der Waals surface area (Å²) < 4.78 is 7.17. The number of hydrogen-bond acceptors (Lipinski definition) is 3. The first-order chi connectivity index (χ1) is 12.6. The van der Waals surface area contributed by atoms with E-state index in [1.54, 1.807) is 18.2 Å². The molecule has 0 amide bonds. The number of phenolic OH excluding ortho intramolecular Hbond substituents is 1. The first kappa shape index (κ1) is 21.3. The molecule has 0 radical (unpaired) electrons. The Morgan fingerprint density at radius 2 is 1.78 bits per heavy atom. The number of carbonyl (C=O) groups excluding carboxylic acids is 1. The summed E-state index contributed by atoms with van der Waals surface area (Å²) in [6, 6.07) is 11.4. The van der Waals surface area contributed by atoms with Gasteiger partial charge in [0.2, 0.25) is 0 Å². The minimum atomic E-state index is -0.216. The Balaban J connectivity index is 2.38. The van der Waals surface area contributed by atoms with E-state index in [1.807, 2.05) is 65.0 Å². The summed E-state index contributed by atoms with van der Waals surface area (Å²) in [5.41, 5.74) is 4.28. The van der Waals surface area contributed by atoms with Gasteiger partial charge in [0.15, 0.2) is 0 Å². The number of allylic oxidation sites excluding steroid dienone is 1. The fourth-order valence-electron chi connectivity index (χ4n) is 2.74. The first-order valence-electron chi connectivity index (χ1n) is 9.16. The van der Waals surface area contributed by atoms with Crippen LogP contribution in [0.25, 0.3) is 6.08 Å². The molecular weight excluding hydrogens is 399 g/mol. The predicted octanol–water partition coefficient (Wildman–Crippen LogP) is 4.48. The van der Waals surface area contributed by atoms with Crippen LogP contribution in [0.3, 0.4) is 0 Å². The van der Waals surface area contributed by atoms with Gasteiger partial charge in [0.05, 0.1) is 0 Å². The van der Waals surface area contributed by atoms with Crippen LogP contribution < -0.4 is 9.09 Å². The van der Waals surface area contributed by atoms with Crippen molar-refractivity contribution in [1.29, 1.82) is 0 Å². The molecule has 1 unspecified atom stereocenters. The summed E-state index contributed by atoms with van der Waals surface area (Å²) in [7, 11) is 0. The quantitative estimate of drug-likeness (QED) is 0.419. The minimum absolute atomic E-state index is 0.0296. The van der Waals surface area contributed by atoms with E-state index in [2.05, 4.69) is 5.71 Å². The number of ketones is 1. The molecule has 0 aliphatic carbocycles. The molecule has 27 heavy (non-hydrogen) atoms. The van der Waals surface area contributed by atoms with Gasteiger partial charge in [-0.3, -0.25) is 0 Å². The number of aromatic hydroxyl groups is 1. The van der Waals surface area contributed by atoms with Gasteiger partial charge in [-0.2, -0.15) is 0 Å². The van der Waals surface area contributed by atoms with E-state index in [9.17, 15) is 9.90 Å². The van der Waals surface area contributed by atoms with Crippen molar-refractivity contribution in [2.75, 3.05) is 0 Å². The van der Waals surface area contributed by atoms with Crippen molar-refractivity contribution in [3.05, 3.63) is 59.2 Å². The van der Waals surface area contributed by atoms with Gasteiger partial charge in [-0.25, -0.2) is 0 Å². The van der Waals surface area contributed by atoms with Crippen LogP contribution in [-0.4, -0.2) is 32.7 Å². The number of hydrogen-bond donors (Lipinski definition) is 1. The Morgan fingerprint density at radius 3 is 2.30 bits per heavy atom. The van der Waals surface area contributed by atoms with E-state index in [1.165, 1.54) is 4.35 Å². The number of phenols is 1. The van der Waals surface area contributed by atoms with Crippen molar-refractivity contribution in [3.8, 4) is 11.5 Å². The third-order valence-corrected chi connectivity index (χ3v) is 6.08. The Kier molecular flexibility index (Phi) is 6.94. The summed E-state index contributed by atoms with van der Waals surface area (Å²) >= 11 is -0.0947. The monoisotopic (exact) mass is 428 g/mol. The molecule has 0 saturated heterocycles. The molecule has 0 aromatic heterocycles. The van der Waals surface area contributed by atoms with E-state index in [4.69, 9.17) is 4.74 Å². The molecule has 0 bridgehead atoms. The fraction of sp³-hybridized carbons (Fsp3) is 0.348. The Labute approximate surface area is 169 Å². The third kappa shape index (κ3) is 5.74. The molecule has 4 heteroatoms. The van der Waals surface area contributed by atoms with Gasteiger partial charge in [-0.1, -0.05) is 0 Å². The molecule has 0 aliphatic heterocycles. The second kappa shape index (κ2) is 8.80. The van der Waals surface area contributed by atoms with Crippen LogP contribution in [0.1, 0.15) is 56.1 Å². The Morgan fingerprint density at radius 1 is 1.15 bits per heavy atom. The molecule has 0 aliphatic rings. The SMILES string of the molecule is C[AsH]c1ccc(C(=O)C=Cc2cc(C(C)(C)C)c(O)cc2OC(C)C)cc1. The molecule has 1 N–H and O–H groups in total. The maximum absolute atomic E-state index is 12.5. The zero-order chi connectivity index (χ0) is 20.2. The summed E-state index contributed by atoms with van der Waals surface area (Å²) in [5, 5.41) is 10.4. The van der Waals surface area contributed by atoms with Gasteiger partial charge in [0.1, 0.15) is 0 Å². The average Bonchev–Trinajstić information content (AvgIpc) is 2.59. The topological polar surface area (TPSA) is 46.5 Å². The van der Waals surface area contributed by atoms with E-state index in [-0.39, 0.29) is 38.8 Å². The van der Waals surface area contributed by atoms with E-state index in [0.29, 0.717) is 11.3 Å². The first-order valence-corrected chi connectivity index (χ1v) is 12.3. The molecule has 2 rings (SSSR count). The Bertz CT molecular complexity index is 828. The van der Waals surface area contributed by atoms with Gasteiger partial charge in [0.25, 0.3) is 0 Å². The second-order valence-corrected chi connectivity index (χ2v) is 10.1. The molecule has 0 fully saturated rings. The summed E-state index contributed by atoms with van der Waals surface area (Å²) in [4.78, 5) is 12.5. The summed E-state index contributed by atoms with van der Waals surface area (Å²) in [6.45, 7) is 10.0. The number of ether oxygens (including phenoxy) is 1. The van der Waals surface area contributed by atoms with Crippen molar-refractivity contribution >= 4 is 32.0 Å². The van der Waals surface area contributed by atoms with Gasteiger partial charge in [-0.15, -0.1) is 0 Å². The van der Waals surface area contributed by atoms with Crippen LogP contribution in [0, 0.1) is 0 Å². The predicted molar refractivity (Wildman–Crippen MR) is 115 cm³/mol. The molecule has 0 heterocycles. The average molecular weight is 428 g/mol. The van der Waals surface area contributed by atoms with Crippen LogP contribution >= 0.6 is 0 Å². The second-order valence-electron chi connectivity index (χ2n) is 7.85. The standard InChI is InChI=1S/C23H29AsO3/c1-15(2)27-22-14-21(26)19(23(3,4)5)13-17(22)9-12-20(25)16-7-10-18(24-6)11-8-16/h7-15,24,26H,1-6H3. The zero-order valence-corrected chi connectivity index (χ0v) is 19.1. The van der Waals surface area contributed by atoms with Crippen LogP contribution in [0.5, 0.6) is 11.5 Å². The molecule has 2 aromatic rings. The van der Waals surface area contributed by atoms with Crippen LogP contribution in [0.15, 0.2) is 42.5 Å². The molecule has 3 nitrogen and oxygen atoms in total. The van der Waals surface area contributed by atoms with E-state index in [0.717, 1.165) is 11.1 Å². The van der Waals surface area contributed by atoms with Gasteiger partial charge < -0.3 is 0 Å². The molecule has 0 saturated carbocycles. The third-order valence-electron chi connectivity index (χ3n) is 4.17. The van der Waals surface area contributed by atoms with Crippen molar-refractivity contribution in [2.45, 2.75) is 51.8 Å². The molecule has 0 spiro atoms. The molecule has 1 atom stereocenters. The van der Waals surface area contributed by atoms with E-state index >= 15 is 0 Å². The van der Waals surface area contributed by atoms with E-state index < -0.39 is 0 Å². The fourth-order valence-corrected chi connectivity index (χ4v) is 3.78. The number of benzene rings is 2. The van der Waals surface area contributed by atoms with Gasteiger partial charge >= 0.3 is 169 Å². The molecular formula is C23H29AsO3. The normalized spacial score (nSPS) is 12.4. The van der Waals surface area contributed by atoms with Crippen LogP contribution in [-0.2, 0) is 5.41 Å². The Hall–Kier alpha value is -1.99. The number of rotatable bonds is 6. The molecule has 144 valence electrons. The summed E-state index contributed by atoms with van der Waals surface area (Å²) in [5.74, 6) is 0.741. The van der Waals surface area contributed by atoms with Gasteiger partial charge in [0, 0.05) is 0 Å². The van der Waals surface area contributed by atoms with Crippen LogP contribution in [0.4, 0.5) is 0 Å². The van der Waals surface area contributed by atoms with Crippen molar-refractivity contribution in [3.63, 3.8) is 0 Å². The van der Waals surface area contributed by atoms with Gasteiger partial charge in [-0.05, 0) is 0 Å². The van der Waals surface area contributed by atoms with Crippen molar-refractivity contribution in [1.82, 2.24) is 0 Å². The van der Waals surface area contributed by atoms with Crippen molar-refractivity contribution < 1.29 is 14.6 Å². The molecule has 2 aromatic carbocycles. The summed E-state index contributed by atoms with van der Waals surface area (Å²) in [6.07, 6.45) is 3.32. The number of carbonyl (C=O) groups is 1. The zero-order valence-electron chi connectivity index (χ0n) is 17.0.